The van der Waals surface area contributed by atoms with Crippen molar-refractivity contribution in [2.75, 3.05) is 0 Å². The van der Waals surface area contributed by atoms with Crippen LogP contribution in [-0.4, -0.2) is 19.9 Å². The minimum Gasteiger partial charge on any atom is -0.305 e. The maximum Gasteiger partial charge on any atom is 2.00 e. The Morgan fingerprint density at radius 2 is 0.481 bits per heavy atom. The van der Waals surface area contributed by atoms with E-state index >= 15 is 0 Å². The average Bonchev–Trinajstić information content (AvgIpc) is 3.21. The molecule has 0 saturated carbocycles. The summed E-state index contributed by atoms with van der Waals surface area (Å²) in [5.74, 6) is 0. The van der Waals surface area contributed by atoms with E-state index in [2.05, 4.69) is 44.2 Å². The summed E-state index contributed by atoms with van der Waals surface area (Å²) in [6.45, 7) is 0. The van der Waals surface area contributed by atoms with Crippen molar-refractivity contribution in [2.45, 2.75) is 0 Å². The predicted molar refractivity (Wildman–Crippen MR) is 209 cm³/mol. The maximum absolute atomic E-state index is 4.22. The smallest absolute Gasteiger partial charge is 0.305 e. The van der Waals surface area contributed by atoms with Gasteiger partial charge in [0.05, 0.1) is 0 Å². The van der Waals surface area contributed by atoms with Gasteiger partial charge >= 0.3 is 39.0 Å². The molecule has 0 aliphatic heterocycles. The van der Waals surface area contributed by atoms with Gasteiger partial charge in [0.25, 0.3) is 0 Å². The Balaban J connectivity index is 0.000000338. The predicted octanol–water partition coefficient (Wildman–Crippen LogP) is 11.0. The van der Waals surface area contributed by atoms with E-state index in [9.17, 15) is 0 Å². The van der Waals surface area contributed by atoms with Crippen molar-refractivity contribution in [3.8, 4) is 45.0 Å². The molecular weight excluding hydrogens is 861 g/mol. The number of aromatic nitrogens is 4. The first-order valence-corrected chi connectivity index (χ1v) is 15.4. The normalized spacial score (nSPS) is 8.92. The average molecular weight is 896 g/mol. The van der Waals surface area contributed by atoms with E-state index in [1.165, 1.54) is 0 Å². The fraction of sp³-hybridized carbons (Fsp3) is 0. The number of pyridine rings is 4. The zero-order chi connectivity index (χ0) is 32.9. The van der Waals surface area contributed by atoms with Gasteiger partial charge in [-0.3, -0.25) is 0 Å². The SMILES string of the molecule is Cl.Cl.[Rh+2].[Rh+2].[c-]1ccccc1-c1ccccn1.[c-]1ccccc1-c1ccccn1.[c-]1ccccc1-c1ccccn1.[c-]1ccccc1-c1ccccn1. The molecular formula is C44H34Cl2N4Rh2. The first-order valence-electron chi connectivity index (χ1n) is 15.4. The molecule has 8 heteroatoms. The number of benzene rings is 4. The molecule has 0 aliphatic rings. The van der Waals surface area contributed by atoms with Crippen LogP contribution in [0.4, 0.5) is 0 Å². The van der Waals surface area contributed by atoms with Crippen molar-refractivity contribution in [1.29, 1.82) is 0 Å². The molecule has 0 bridgehead atoms. The monoisotopic (exact) mass is 894 g/mol. The topological polar surface area (TPSA) is 51.6 Å². The van der Waals surface area contributed by atoms with E-state index in [1.807, 2.05) is 170 Å². The second kappa shape index (κ2) is 27.0. The van der Waals surface area contributed by atoms with Crippen molar-refractivity contribution >= 4 is 24.8 Å². The van der Waals surface area contributed by atoms with E-state index < -0.39 is 0 Å². The fourth-order valence-corrected chi connectivity index (χ4v) is 4.30. The third-order valence-corrected chi connectivity index (χ3v) is 6.60. The number of nitrogens with zero attached hydrogens (tertiary/aromatic N) is 4. The van der Waals surface area contributed by atoms with Gasteiger partial charge in [0, 0.05) is 24.8 Å². The zero-order valence-electron chi connectivity index (χ0n) is 27.7. The van der Waals surface area contributed by atoms with Crippen LogP contribution in [0, 0.1) is 24.3 Å². The molecule has 0 fully saturated rings. The molecule has 0 spiro atoms. The molecule has 4 heterocycles. The van der Waals surface area contributed by atoms with Gasteiger partial charge in [-0.25, -0.2) is 0 Å². The third kappa shape index (κ3) is 15.7. The quantitative estimate of drug-likeness (QED) is 0.130. The minimum absolute atomic E-state index is 0. The number of halogens is 2. The zero-order valence-corrected chi connectivity index (χ0v) is 32.7. The summed E-state index contributed by atoms with van der Waals surface area (Å²) in [5.41, 5.74) is 8.04. The van der Waals surface area contributed by atoms with E-state index in [0.717, 1.165) is 45.0 Å². The molecule has 8 rings (SSSR count). The van der Waals surface area contributed by atoms with E-state index in [0.29, 0.717) is 0 Å². The summed E-state index contributed by atoms with van der Waals surface area (Å²) in [5, 5.41) is 0. The molecule has 0 amide bonds. The van der Waals surface area contributed by atoms with Gasteiger partial charge in [0.1, 0.15) is 0 Å². The number of hydrogen-bond acceptors (Lipinski definition) is 4. The Morgan fingerprint density at radius 1 is 0.269 bits per heavy atom. The van der Waals surface area contributed by atoms with Crippen LogP contribution in [0.2, 0.25) is 0 Å². The Morgan fingerprint density at radius 3 is 0.635 bits per heavy atom. The molecule has 2 radical (unpaired) electrons. The summed E-state index contributed by atoms with van der Waals surface area (Å²) in [7, 11) is 0. The first kappa shape index (κ1) is 45.3. The molecule has 4 nitrogen and oxygen atoms in total. The van der Waals surface area contributed by atoms with Gasteiger partial charge in [-0.2, -0.15) is 0 Å². The number of hydrogen-bond donors (Lipinski definition) is 0. The van der Waals surface area contributed by atoms with Crippen LogP contribution in [0.5, 0.6) is 0 Å². The summed E-state index contributed by atoms with van der Waals surface area (Å²) in [4.78, 5) is 16.9. The van der Waals surface area contributed by atoms with Crippen LogP contribution in [0.25, 0.3) is 45.0 Å². The van der Waals surface area contributed by atoms with Crippen LogP contribution in [0.1, 0.15) is 0 Å². The van der Waals surface area contributed by atoms with Gasteiger partial charge in [-0.1, -0.05) is 48.5 Å². The molecule has 0 N–H and O–H groups in total. The van der Waals surface area contributed by atoms with Crippen LogP contribution in [0.3, 0.4) is 0 Å². The number of rotatable bonds is 4. The summed E-state index contributed by atoms with van der Waals surface area (Å²) < 4.78 is 0. The Kier molecular flexibility index (Phi) is 23.6. The summed E-state index contributed by atoms with van der Waals surface area (Å²) >= 11 is 0. The van der Waals surface area contributed by atoms with Crippen LogP contribution < -0.4 is 0 Å². The van der Waals surface area contributed by atoms with Crippen LogP contribution in [-0.2, 0) is 39.0 Å². The molecule has 0 aliphatic carbocycles. The van der Waals surface area contributed by atoms with E-state index in [1.54, 1.807) is 24.8 Å². The van der Waals surface area contributed by atoms with E-state index in [4.69, 9.17) is 0 Å². The van der Waals surface area contributed by atoms with Crippen molar-refractivity contribution in [3.05, 3.63) is 219 Å². The molecule has 262 valence electrons. The van der Waals surface area contributed by atoms with Crippen LogP contribution in [0.15, 0.2) is 195 Å². The molecule has 52 heavy (non-hydrogen) atoms. The Hall–Kier alpha value is -4.69. The minimum atomic E-state index is 0. The van der Waals surface area contributed by atoms with Gasteiger partial charge in [0.2, 0.25) is 0 Å². The second-order valence-corrected chi connectivity index (χ2v) is 9.96. The summed E-state index contributed by atoms with van der Waals surface area (Å²) in [6, 6.07) is 67.3. The van der Waals surface area contributed by atoms with Gasteiger partial charge < -0.3 is 19.9 Å². The standard InChI is InChI=1S/4C11H8N.2ClH.2Rh/c4*1-2-6-10(7-3-1)11-8-4-5-9-12-11;;;;/h4*1-6,8-9H;2*1H;;/q4*-1;;;2*+2. The van der Waals surface area contributed by atoms with Gasteiger partial charge in [0.15, 0.2) is 0 Å². The maximum atomic E-state index is 4.22. The molecule has 0 saturated heterocycles. The Bertz CT molecular complexity index is 1530. The van der Waals surface area contributed by atoms with Gasteiger partial charge in [-0.15, -0.1) is 168 Å². The van der Waals surface area contributed by atoms with E-state index in [-0.39, 0.29) is 63.8 Å². The molecule has 8 aromatic rings. The second-order valence-electron chi connectivity index (χ2n) is 9.96. The summed E-state index contributed by atoms with van der Waals surface area (Å²) in [6.07, 6.45) is 7.15. The third-order valence-electron chi connectivity index (χ3n) is 6.60. The van der Waals surface area contributed by atoms with Crippen molar-refractivity contribution in [2.24, 2.45) is 0 Å². The molecule has 0 atom stereocenters. The van der Waals surface area contributed by atoms with Gasteiger partial charge in [-0.05, 0) is 47.0 Å². The Labute approximate surface area is 345 Å². The first-order chi connectivity index (χ1) is 23.9. The fourth-order valence-electron chi connectivity index (χ4n) is 4.30. The van der Waals surface area contributed by atoms with Crippen LogP contribution >= 0.6 is 24.8 Å². The molecule has 4 aromatic heterocycles. The molecule has 0 unspecified atom stereocenters. The largest absolute Gasteiger partial charge is 2.00 e. The van der Waals surface area contributed by atoms with Crippen molar-refractivity contribution in [1.82, 2.24) is 19.9 Å². The van der Waals surface area contributed by atoms with Crippen molar-refractivity contribution in [3.63, 3.8) is 0 Å². The van der Waals surface area contributed by atoms with Crippen molar-refractivity contribution < 1.29 is 39.0 Å². The molecule has 4 aromatic carbocycles.